The molecule has 1 saturated heterocycles. The van der Waals surface area contributed by atoms with E-state index in [2.05, 4.69) is 10.2 Å². The van der Waals surface area contributed by atoms with Crippen LogP contribution in [0.5, 0.6) is 0 Å². The van der Waals surface area contributed by atoms with Gasteiger partial charge in [-0.3, -0.25) is 19.5 Å². The molecule has 2 amide bonds. The van der Waals surface area contributed by atoms with E-state index in [1.807, 2.05) is 0 Å². The summed E-state index contributed by atoms with van der Waals surface area (Å²) >= 11 is 0. The van der Waals surface area contributed by atoms with Gasteiger partial charge >= 0.3 is 0 Å². The van der Waals surface area contributed by atoms with Crippen molar-refractivity contribution >= 4 is 11.8 Å². The molecule has 0 radical (unpaired) electrons. The highest BCUT2D eigenvalue weighted by Gasteiger charge is 2.31. The Kier molecular flexibility index (Phi) is 4.20. The highest BCUT2D eigenvalue weighted by molar-refractivity contribution is 5.94. The van der Waals surface area contributed by atoms with Crippen LogP contribution in [0.1, 0.15) is 51.8 Å². The molecule has 1 atom stereocenters. The van der Waals surface area contributed by atoms with Crippen LogP contribution in [0.25, 0.3) is 0 Å². The summed E-state index contributed by atoms with van der Waals surface area (Å²) in [6.45, 7) is 0.548. The van der Waals surface area contributed by atoms with Crippen molar-refractivity contribution in [1.82, 2.24) is 19.7 Å². The monoisotopic (exact) mass is 329 g/mol. The summed E-state index contributed by atoms with van der Waals surface area (Å²) in [6.07, 6.45) is 4.17. The zero-order valence-corrected chi connectivity index (χ0v) is 13.4. The maximum Gasteiger partial charge on any atom is 0.269 e. The van der Waals surface area contributed by atoms with E-state index in [1.54, 1.807) is 30.3 Å². The first-order valence-electron chi connectivity index (χ1n) is 7.80. The molecule has 1 unspecified atom stereocenters. The fraction of sp³-hybridized carbons (Fsp3) is 0.375. The van der Waals surface area contributed by atoms with Crippen LogP contribution >= 0.6 is 0 Å². The number of hydrogen-bond acceptors (Lipinski definition) is 4. The number of piperidine rings is 1. The number of pyridine rings is 1. The first-order valence-corrected chi connectivity index (χ1v) is 7.80. The van der Waals surface area contributed by atoms with Crippen molar-refractivity contribution in [3.63, 3.8) is 0 Å². The van der Waals surface area contributed by atoms with Crippen LogP contribution in [-0.2, 0) is 7.05 Å². The molecule has 0 aromatic carbocycles. The summed E-state index contributed by atoms with van der Waals surface area (Å²) in [5.41, 5.74) is 5.84. The summed E-state index contributed by atoms with van der Waals surface area (Å²) in [7, 11) is 1.61. The molecular formula is C16H19N5O3. The lowest BCUT2D eigenvalue weighted by atomic mass is 9.98. The van der Waals surface area contributed by atoms with E-state index in [4.69, 9.17) is 5.73 Å². The maximum atomic E-state index is 12.9. The predicted octanol–water partition coefficient (Wildman–Crippen LogP) is 0.575. The molecule has 8 nitrogen and oxygen atoms in total. The predicted molar refractivity (Wildman–Crippen MR) is 86.4 cm³/mol. The van der Waals surface area contributed by atoms with Crippen LogP contribution in [0.2, 0.25) is 0 Å². The molecule has 2 aromatic heterocycles. The van der Waals surface area contributed by atoms with Gasteiger partial charge in [0.2, 0.25) is 0 Å². The van der Waals surface area contributed by atoms with Crippen molar-refractivity contribution in [3.8, 4) is 0 Å². The molecule has 0 aliphatic carbocycles. The van der Waals surface area contributed by atoms with Gasteiger partial charge in [-0.2, -0.15) is 5.10 Å². The summed E-state index contributed by atoms with van der Waals surface area (Å²) < 4.78 is 1.38. The normalized spacial score (nSPS) is 17.7. The molecule has 3 heterocycles. The Morgan fingerprint density at radius 2 is 2.17 bits per heavy atom. The molecular weight excluding hydrogens is 310 g/mol. The lowest BCUT2D eigenvalue weighted by Gasteiger charge is -2.35. The van der Waals surface area contributed by atoms with Crippen LogP contribution in [0, 0.1) is 0 Å². The third-order valence-electron chi connectivity index (χ3n) is 4.33. The Bertz CT molecular complexity index is 838. The number of carbonyl (C=O) groups is 2. The van der Waals surface area contributed by atoms with Crippen LogP contribution in [0.15, 0.2) is 29.2 Å². The molecule has 8 heteroatoms. The van der Waals surface area contributed by atoms with Gasteiger partial charge in [0.1, 0.15) is 11.3 Å². The molecule has 1 aliphatic heterocycles. The minimum atomic E-state index is -0.622. The summed E-state index contributed by atoms with van der Waals surface area (Å²) in [6, 6.07) is 4.53. The van der Waals surface area contributed by atoms with Crippen molar-refractivity contribution in [2.75, 3.05) is 6.54 Å². The van der Waals surface area contributed by atoms with Crippen molar-refractivity contribution in [3.05, 3.63) is 51.7 Å². The van der Waals surface area contributed by atoms with Crippen molar-refractivity contribution in [2.45, 2.75) is 25.3 Å². The first-order chi connectivity index (χ1) is 11.5. The number of aromatic amines is 1. The fourth-order valence-corrected chi connectivity index (χ4v) is 3.05. The second-order valence-electron chi connectivity index (χ2n) is 5.92. The molecule has 0 saturated carbocycles. The van der Waals surface area contributed by atoms with Gasteiger partial charge in [0.25, 0.3) is 17.4 Å². The van der Waals surface area contributed by atoms with Gasteiger partial charge in [-0.25, -0.2) is 0 Å². The SMILES string of the molecule is Cn1cccc(C(=O)N2CCCCC2c2cc(C(N)=O)n[nH]2)c1=O. The number of carbonyl (C=O) groups excluding carboxylic acids is 2. The minimum absolute atomic E-state index is 0.138. The van der Waals surface area contributed by atoms with Gasteiger partial charge in [-0.1, -0.05) is 0 Å². The second kappa shape index (κ2) is 6.31. The Morgan fingerprint density at radius 3 is 2.88 bits per heavy atom. The number of rotatable bonds is 3. The van der Waals surface area contributed by atoms with Gasteiger partial charge in [-0.05, 0) is 37.5 Å². The molecule has 24 heavy (non-hydrogen) atoms. The van der Waals surface area contributed by atoms with Gasteiger partial charge in [0.05, 0.1) is 11.7 Å². The average Bonchev–Trinajstić information content (AvgIpc) is 3.07. The number of aryl methyl sites for hydroxylation is 1. The first kappa shape index (κ1) is 16.0. The number of likely N-dealkylation sites (tertiary alicyclic amines) is 1. The number of nitrogens with one attached hydrogen (secondary N) is 1. The van der Waals surface area contributed by atoms with Crippen molar-refractivity contribution in [1.29, 1.82) is 0 Å². The molecule has 0 bridgehead atoms. The topological polar surface area (TPSA) is 114 Å². The van der Waals surface area contributed by atoms with E-state index in [9.17, 15) is 14.4 Å². The third kappa shape index (κ3) is 2.82. The standard InChI is InChI=1S/C16H19N5O3/c1-20-7-4-5-10(15(20)23)16(24)21-8-3-2-6-13(21)11-9-12(14(17)22)19-18-11/h4-5,7,9,13H,2-3,6,8H2,1H3,(H2,17,22)(H,18,19). The smallest absolute Gasteiger partial charge is 0.269 e. The molecule has 1 aliphatic rings. The Morgan fingerprint density at radius 1 is 1.38 bits per heavy atom. The number of nitrogens with two attached hydrogens (primary N) is 1. The van der Waals surface area contributed by atoms with Crippen molar-refractivity contribution in [2.24, 2.45) is 12.8 Å². The number of nitrogens with zero attached hydrogens (tertiary/aromatic N) is 3. The minimum Gasteiger partial charge on any atom is -0.364 e. The van der Waals surface area contributed by atoms with Crippen LogP contribution < -0.4 is 11.3 Å². The van der Waals surface area contributed by atoms with Crippen LogP contribution in [0.4, 0.5) is 0 Å². The van der Waals surface area contributed by atoms with E-state index < -0.39 is 5.91 Å². The summed E-state index contributed by atoms with van der Waals surface area (Å²) in [4.78, 5) is 38.0. The quantitative estimate of drug-likeness (QED) is 0.857. The van der Waals surface area contributed by atoms with Crippen molar-refractivity contribution < 1.29 is 9.59 Å². The second-order valence-corrected chi connectivity index (χ2v) is 5.92. The molecule has 0 spiro atoms. The molecule has 2 aromatic rings. The number of aromatic nitrogens is 3. The lowest BCUT2D eigenvalue weighted by Crippen LogP contribution is -2.41. The molecule has 1 fully saturated rings. The largest absolute Gasteiger partial charge is 0.364 e. The van der Waals surface area contributed by atoms with E-state index in [-0.39, 0.29) is 28.8 Å². The van der Waals surface area contributed by atoms with Gasteiger partial charge in [0.15, 0.2) is 0 Å². The fourth-order valence-electron chi connectivity index (χ4n) is 3.05. The molecule has 3 rings (SSSR count). The van der Waals surface area contributed by atoms with E-state index in [0.717, 1.165) is 19.3 Å². The Labute approximate surface area is 138 Å². The summed E-state index contributed by atoms with van der Waals surface area (Å²) in [5, 5.41) is 6.68. The van der Waals surface area contributed by atoms with Gasteiger partial charge in [0, 0.05) is 19.8 Å². The van der Waals surface area contributed by atoms with E-state index in [0.29, 0.717) is 12.2 Å². The van der Waals surface area contributed by atoms with Gasteiger partial charge in [-0.15, -0.1) is 0 Å². The highest BCUT2D eigenvalue weighted by Crippen LogP contribution is 2.31. The average molecular weight is 329 g/mol. The Balaban J connectivity index is 1.94. The zero-order chi connectivity index (χ0) is 17.3. The molecule has 126 valence electrons. The highest BCUT2D eigenvalue weighted by atomic mass is 16.2. The number of H-pyrrole nitrogens is 1. The Hall–Kier alpha value is -2.90. The lowest BCUT2D eigenvalue weighted by molar-refractivity contribution is 0.0603. The number of primary amides is 1. The zero-order valence-electron chi connectivity index (χ0n) is 13.4. The van der Waals surface area contributed by atoms with E-state index in [1.165, 1.54) is 10.6 Å². The number of hydrogen-bond donors (Lipinski definition) is 2. The van der Waals surface area contributed by atoms with Crippen LogP contribution in [0.3, 0.4) is 0 Å². The summed E-state index contributed by atoms with van der Waals surface area (Å²) in [5.74, 6) is -0.931. The van der Waals surface area contributed by atoms with E-state index >= 15 is 0 Å². The number of amides is 2. The maximum absolute atomic E-state index is 12.9. The van der Waals surface area contributed by atoms with Gasteiger partial charge < -0.3 is 15.2 Å². The third-order valence-corrected chi connectivity index (χ3v) is 4.33. The van der Waals surface area contributed by atoms with Crippen LogP contribution in [-0.4, -0.2) is 38.0 Å². The molecule has 3 N–H and O–H groups in total.